The Bertz CT molecular complexity index is 395. The Morgan fingerprint density at radius 3 is 2.87 bits per heavy atom. The number of rotatable bonds is 3. The van der Waals surface area contributed by atoms with Gasteiger partial charge >= 0.3 is 5.97 Å². The Morgan fingerprint density at radius 1 is 1.60 bits per heavy atom. The zero-order valence-electron chi connectivity index (χ0n) is 8.30. The zero-order valence-corrected chi connectivity index (χ0v) is 8.30. The predicted molar refractivity (Wildman–Crippen MR) is 52.7 cm³/mol. The summed E-state index contributed by atoms with van der Waals surface area (Å²) in [6, 6.07) is 8.29. The third-order valence-corrected chi connectivity index (χ3v) is 1.89. The predicted octanol–water partition coefficient (Wildman–Crippen LogP) is 1.15. The molecule has 0 aliphatic rings. The summed E-state index contributed by atoms with van der Waals surface area (Å²) >= 11 is 0. The molecule has 1 aromatic carbocycles. The summed E-state index contributed by atoms with van der Waals surface area (Å²) in [6.45, 7) is 1.85. The molecule has 0 saturated carbocycles. The van der Waals surface area contributed by atoms with Crippen molar-refractivity contribution in [1.29, 1.82) is 5.26 Å². The second kappa shape index (κ2) is 5.13. The van der Waals surface area contributed by atoms with E-state index in [2.05, 4.69) is 4.74 Å². The number of hydrogen-bond donors (Lipinski definition) is 1. The molecule has 1 aromatic rings. The number of esters is 1. The molecule has 0 saturated heterocycles. The van der Waals surface area contributed by atoms with Crippen LogP contribution in [0.25, 0.3) is 0 Å². The minimum Gasteiger partial charge on any atom is -0.464 e. The molecule has 0 heterocycles. The van der Waals surface area contributed by atoms with E-state index in [1.165, 1.54) is 12.1 Å². The van der Waals surface area contributed by atoms with E-state index in [0.29, 0.717) is 0 Å². The molecular weight excluding hydrogens is 194 g/mol. The smallest absolute Gasteiger partial charge is 0.339 e. The normalized spacial score (nSPS) is 11.5. The molecule has 0 fully saturated rings. The van der Waals surface area contributed by atoms with Crippen LogP contribution < -0.4 is 0 Å². The summed E-state index contributed by atoms with van der Waals surface area (Å²) in [6.07, 6.45) is -1.39. The van der Waals surface area contributed by atoms with Crippen molar-refractivity contribution in [2.24, 2.45) is 0 Å². The van der Waals surface area contributed by atoms with Gasteiger partial charge in [-0.1, -0.05) is 18.2 Å². The lowest BCUT2D eigenvalue weighted by atomic mass is 10.0. The van der Waals surface area contributed by atoms with Crippen molar-refractivity contribution in [3.63, 3.8) is 0 Å². The molecule has 1 unspecified atom stereocenters. The summed E-state index contributed by atoms with van der Waals surface area (Å²) in [5.41, 5.74) is 0.552. The minimum absolute atomic E-state index is 0.199. The fraction of sp³-hybridized carbons (Fsp3) is 0.273. The van der Waals surface area contributed by atoms with Gasteiger partial charge in [-0.05, 0) is 13.0 Å². The number of nitrogens with zero attached hydrogens (tertiary/aromatic N) is 1. The highest BCUT2D eigenvalue weighted by Crippen LogP contribution is 2.18. The van der Waals surface area contributed by atoms with Crippen LogP contribution in [0.4, 0.5) is 0 Å². The van der Waals surface area contributed by atoms with Gasteiger partial charge in [0.25, 0.3) is 0 Å². The first kappa shape index (κ1) is 11.2. The van der Waals surface area contributed by atoms with Gasteiger partial charge in [0.2, 0.25) is 0 Å². The highest BCUT2D eigenvalue weighted by atomic mass is 16.5. The first-order chi connectivity index (χ1) is 7.20. The molecule has 0 spiro atoms. The standard InChI is InChI=1S/C11H11NO3/c1-2-15-11(14)10(13)9-6-4-3-5-8(9)7-12/h3-6,10,13H,2H2,1H3. The molecule has 78 valence electrons. The van der Waals surface area contributed by atoms with Crippen LogP contribution in [-0.2, 0) is 9.53 Å². The summed E-state index contributed by atoms with van der Waals surface area (Å²) in [5, 5.41) is 18.4. The maximum absolute atomic E-state index is 11.2. The Hall–Kier alpha value is -1.86. The van der Waals surface area contributed by atoms with E-state index in [-0.39, 0.29) is 17.7 Å². The van der Waals surface area contributed by atoms with Crippen LogP contribution >= 0.6 is 0 Å². The van der Waals surface area contributed by atoms with Crippen molar-refractivity contribution < 1.29 is 14.6 Å². The van der Waals surface area contributed by atoms with Gasteiger partial charge in [-0.25, -0.2) is 4.79 Å². The Labute approximate surface area is 87.7 Å². The molecule has 0 bridgehead atoms. The monoisotopic (exact) mass is 205 g/mol. The quantitative estimate of drug-likeness (QED) is 0.751. The zero-order chi connectivity index (χ0) is 11.3. The van der Waals surface area contributed by atoms with Crippen LogP contribution in [0.5, 0.6) is 0 Å². The topological polar surface area (TPSA) is 70.3 Å². The average Bonchev–Trinajstić information content (AvgIpc) is 2.28. The average molecular weight is 205 g/mol. The number of hydrogen-bond acceptors (Lipinski definition) is 4. The van der Waals surface area contributed by atoms with Crippen molar-refractivity contribution in [2.75, 3.05) is 6.61 Å². The van der Waals surface area contributed by atoms with Crippen LogP contribution in [-0.4, -0.2) is 17.7 Å². The lowest BCUT2D eigenvalue weighted by molar-refractivity contribution is -0.153. The van der Waals surface area contributed by atoms with Crippen molar-refractivity contribution in [3.8, 4) is 6.07 Å². The Morgan fingerprint density at radius 2 is 2.27 bits per heavy atom. The van der Waals surface area contributed by atoms with Gasteiger partial charge in [-0.2, -0.15) is 5.26 Å². The summed E-state index contributed by atoms with van der Waals surface area (Å²) in [7, 11) is 0. The molecule has 0 amide bonds. The van der Waals surface area contributed by atoms with Crippen LogP contribution in [0.3, 0.4) is 0 Å². The molecule has 4 heteroatoms. The van der Waals surface area contributed by atoms with E-state index in [1.807, 2.05) is 6.07 Å². The van der Waals surface area contributed by atoms with Crippen molar-refractivity contribution in [1.82, 2.24) is 0 Å². The van der Waals surface area contributed by atoms with E-state index < -0.39 is 12.1 Å². The lowest BCUT2D eigenvalue weighted by Gasteiger charge is -2.10. The van der Waals surface area contributed by atoms with E-state index in [9.17, 15) is 9.90 Å². The molecule has 15 heavy (non-hydrogen) atoms. The largest absolute Gasteiger partial charge is 0.464 e. The maximum Gasteiger partial charge on any atom is 0.339 e. The molecule has 0 radical (unpaired) electrons. The number of carbonyl (C=O) groups excluding carboxylic acids is 1. The van der Waals surface area contributed by atoms with Crippen LogP contribution in [0, 0.1) is 11.3 Å². The van der Waals surface area contributed by atoms with E-state index in [1.54, 1.807) is 19.1 Å². The highest BCUT2D eigenvalue weighted by molar-refractivity contribution is 5.77. The second-order valence-corrected chi connectivity index (χ2v) is 2.85. The third kappa shape index (κ3) is 2.55. The molecule has 4 nitrogen and oxygen atoms in total. The number of nitriles is 1. The summed E-state index contributed by atoms with van der Waals surface area (Å²) in [5.74, 6) is -0.736. The Kier molecular flexibility index (Phi) is 3.83. The fourth-order valence-electron chi connectivity index (χ4n) is 1.19. The van der Waals surface area contributed by atoms with Gasteiger partial charge in [0.1, 0.15) is 0 Å². The van der Waals surface area contributed by atoms with Crippen LogP contribution in [0.2, 0.25) is 0 Å². The number of carbonyl (C=O) groups is 1. The number of ether oxygens (including phenoxy) is 1. The van der Waals surface area contributed by atoms with E-state index >= 15 is 0 Å². The highest BCUT2D eigenvalue weighted by Gasteiger charge is 2.20. The minimum atomic E-state index is -1.39. The maximum atomic E-state index is 11.2. The van der Waals surface area contributed by atoms with Crippen LogP contribution in [0.15, 0.2) is 24.3 Å². The molecule has 1 rings (SSSR count). The molecule has 1 N–H and O–H groups in total. The fourth-order valence-corrected chi connectivity index (χ4v) is 1.19. The molecule has 1 atom stereocenters. The van der Waals surface area contributed by atoms with Crippen molar-refractivity contribution in [3.05, 3.63) is 35.4 Å². The van der Waals surface area contributed by atoms with Gasteiger partial charge < -0.3 is 9.84 Å². The molecule has 0 aliphatic heterocycles. The van der Waals surface area contributed by atoms with E-state index in [4.69, 9.17) is 5.26 Å². The van der Waals surface area contributed by atoms with Crippen molar-refractivity contribution >= 4 is 5.97 Å². The SMILES string of the molecule is CCOC(=O)C(O)c1ccccc1C#N. The van der Waals surface area contributed by atoms with Gasteiger partial charge in [-0.3, -0.25) is 0 Å². The summed E-state index contributed by atoms with van der Waals surface area (Å²) < 4.78 is 4.66. The Balaban J connectivity index is 2.96. The second-order valence-electron chi connectivity index (χ2n) is 2.85. The molecule has 0 aromatic heterocycles. The number of benzene rings is 1. The summed E-state index contributed by atoms with van der Waals surface area (Å²) in [4.78, 5) is 11.2. The third-order valence-electron chi connectivity index (χ3n) is 1.89. The van der Waals surface area contributed by atoms with Gasteiger partial charge in [-0.15, -0.1) is 0 Å². The van der Waals surface area contributed by atoms with Gasteiger partial charge in [0.15, 0.2) is 6.10 Å². The van der Waals surface area contributed by atoms with Crippen molar-refractivity contribution in [2.45, 2.75) is 13.0 Å². The first-order valence-electron chi connectivity index (χ1n) is 4.54. The van der Waals surface area contributed by atoms with Crippen LogP contribution in [0.1, 0.15) is 24.2 Å². The van der Waals surface area contributed by atoms with E-state index in [0.717, 1.165) is 0 Å². The molecule has 0 aliphatic carbocycles. The van der Waals surface area contributed by atoms with Gasteiger partial charge in [0.05, 0.1) is 18.2 Å². The van der Waals surface area contributed by atoms with Gasteiger partial charge in [0, 0.05) is 5.56 Å². The lowest BCUT2D eigenvalue weighted by Crippen LogP contribution is -2.16. The number of aliphatic hydroxyl groups is 1. The number of aliphatic hydroxyl groups excluding tert-OH is 1. The molecular formula is C11H11NO3. The first-order valence-corrected chi connectivity index (χ1v) is 4.54.